The molecule has 2 aromatic heterocycles. The number of benzene rings is 2. The number of sulfonamides is 1. The van der Waals surface area contributed by atoms with Gasteiger partial charge in [-0.2, -0.15) is 8.42 Å². The number of nitrogens with zero attached hydrogens (tertiary/aromatic N) is 2. The first-order chi connectivity index (χ1) is 13.5. The molecule has 0 aliphatic carbocycles. The van der Waals surface area contributed by atoms with Crippen molar-refractivity contribution >= 4 is 32.3 Å². The number of thiazole rings is 1. The van der Waals surface area contributed by atoms with Crippen LogP contribution in [0.15, 0.2) is 86.3 Å². The Bertz CT molecular complexity index is 1330. The van der Waals surface area contributed by atoms with E-state index in [4.69, 9.17) is 4.42 Å². The van der Waals surface area contributed by atoms with E-state index in [0.717, 1.165) is 28.0 Å². The zero-order valence-corrected chi connectivity index (χ0v) is 16.8. The predicted octanol–water partition coefficient (Wildman–Crippen LogP) is 4.75. The summed E-state index contributed by atoms with van der Waals surface area (Å²) in [5.74, 6) is 0.772. The maximum atomic E-state index is 12.7. The van der Waals surface area contributed by atoms with Gasteiger partial charge in [0.1, 0.15) is 11.3 Å². The summed E-state index contributed by atoms with van der Waals surface area (Å²) in [6.07, 6.45) is 1.72. The Hall–Kier alpha value is -2.90. The molecule has 0 radical (unpaired) electrons. The molecule has 142 valence electrons. The average molecular weight is 411 g/mol. The molecule has 0 unspecified atom stereocenters. The SMILES string of the molecule is C=CCn1c(-c2c(C)oc3ccccc23)csc1=NS(=O)(=O)c1ccccc1. The van der Waals surface area contributed by atoms with Crippen molar-refractivity contribution in [3.8, 4) is 11.3 Å². The minimum Gasteiger partial charge on any atom is -0.461 e. The van der Waals surface area contributed by atoms with Crippen LogP contribution in [0.25, 0.3) is 22.2 Å². The molecule has 0 spiro atoms. The van der Waals surface area contributed by atoms with Crippen LogP contribution in [0.3, 0.4) is 0 Å². The van der Waals surface area contributed by atoms with Crippen LogP contribution in [-0.2, 0) is 16.6 Å². The van der Waals surface area contributed by atoms with Crippen LogP contribution in [0.1, 0.15) is 5.76 Å². The Morgan fingerprint density at radius 3 is 2.61 bits per heavy atom. The summed E-state index contributed by atoms with van der Waals surface area (Å²) in [5.41, 5.74) is 2.59. The number of furan rings is 1. The molecule has 2 heterocycles. The van der Waals surface area contributed by atoms with E-state index in [2.05, 4.69) is 11.0 Å². The highest BCUT2D eigenvalue weighted by Gasteiger charge is 2.19. The van der Waals surface area contributed by atoms with Crippen molar-refractivity contribution in [1.29, 1.82) is 0 Å². The van der Waals surface area contributed by atoms with E-state index in [1.165, 1.54) is 11.3 Å². The number of aryl methyl sites for hydroxylation is 1. The Kier molecular flexibility index (Phi) is 4.78. The molecule has 0 bridgehead atoms. The molecule has 0 N–H and O–H groups in total. The molecule has 5 nitrogen and oxygen atoms in total. The third-order valence-electron chi connectivity index (χ3n) is 4.38. The van der Waals surface area contributed by atoms with Gasteiger partial charge in [0.2, 0.25) is 4.80 Å². The number of hydrogen-bond acceptors (Lipinski definition) is 4. The Morgan fingerprint density at radius 1 is 1.14 bits per heavy atom. The maximum absolute atomic E-state index is 12.7. The van der Waals surface area contributed by atoms with E-state index in [9.17, 15) is 8.42 Å². The largest absolute Gasteiger partial charge is 0.461 e. The van der Waals surface area contributed by atoms with Gasteiger partial charge in [0.05, 0.1) is 10.6 Å². The van der Waals surface area contributed by atoms with Crippen molar-refractivity contribution < 1.29 is 12.8 Å². The lowest BCUT2D eigenvalue weighted by atomic mass is 10.1. The summed E-state index contributed by atoms with van der Waals surface area (Å²) in [6, 6.07) is 16.0. The van der Waals surface area contributed by atoms with Crippen LogP contribution in [-0.4, -0.2) is 13.0 Å². The fourth-order valence-electron chi connectivity index (χ4n) is 3.14. The lowest BCUT2D eigenvalue weighted by molar-refractivity contribution is 0.579. The topological polar surface area (TPSA) is 64.6 Å². The minimum absolute atomic E-state index is 0.167. The Labute approximate surface area is 167 Å². The molecule has 28 heavy (non-hydrogen) atoms. The van der Waals surface area contributed by atoms with Gasteiger partial charge in [-0.3, -0.25) is 0 Å². The monoisotopic (exact) mass is 410 g/mol. The molecule has 2 aromatic carbocycles. The highest BCUT2D eigenvalue weighted by molar-refractivity contribution is 7.90. The summed E-state index contributed by atoms with van der Waals surface area (Å²) < 4.78 is 37.3. The molecule has 4 aromatic rings. The molecule has 0 fully saturated rings. The molecule has 0 aliphatic rings. The maximum Gasteiger partial charge on any atom is 0.285 e. The first-order valence-electron chi connectivity index (χ1n) is 8.65. The van der Waals surface area contributed by atoms with Gasteiger partial charge in [-0.15, -0.1) is 22.3 Å². The van der Waals surface area contributed by atoms with Gasteiger partial charge in [0, 0.05) is 22.9 Å². The molecule has 0 atom stereocenters. The zero-order valence-electron chi connectivity index (χ0n) is 15.2. The number of fused-ring (bicyclic) bond motifs is 1. The normalized spacial score (nSPS) is 12.5. The first-order valence-corrected chi connectivity index (χ1v) is 11.0. The van der Waals surface area contributed by atoms with Gasteiger partial charge in [-0.1, -0.05) is 42.5 Å². The molecular formula is C21H18N2O3S2. The number of rotatable bonds is 5. The van der Waals surface area contributed by atoms with E-state index in [1.54, 1.807) is 36.4 Å². The second kappa shape index (κ2) is 7.26. The molecular weight excluding hydrogens is 392 g/mol. The quantitative estimate of drug-likeness (QED) is 0.446. The highest BCUT2D eigenvalue weighted by Crippen LogP contribution is 2.34. The summed E-state index contributed by atoms with van der Waals surface area (Å²) in [5, 5.41) is 2.89. The third kappa shape index (κ3) is 3.23. The standard InChI is InChI=1S/C21H18N2O3S2/c1-3-13-23-18(20-15(2)26-19-12-8-7-11-17(19)20)14-27-21(23)22-28(24,25)16-9-5-4-6-10-16/h3-12,14H,1,13H2,2H3. The van der Waals surface area contributed by atoms with E-state index in [0.29, 0.717) is 11.3 Å². The van der Waals surface area contributed by atoms with Crippen LogP contribution >= 0.6 is 11.3 Å². The van der Waals surface area contributed by atoms with Crippen molar-refractivity contribution in [2.75, 3.05) is 0 Å². The Morgan fingerprint density at radius 2 is 1.86 bits per heavy atom. The second-order valence-electron chi connectivity index (χ2n) is 6.21. The number of hydrogen-bond donors (Lipinski definition) is 0. The molecule has 4 rings (SSSR count). The minimum atomic E-state index is -3.81. The average Bonchev–Trinajstić information content (AvgIpc) is 3.22. The van der Waals surface area contributed by atoms with Crippen molar-refractivity contribution in [2.45, 2.75) is 18.4 Å². The molecule has 0 amide bonds. The van der Waals surface area contributed by atoms with Gasteiger partial charge in [0.25, 0.3) is 10.0 Å². The van der Waals surface area contributed by atoms with Crippen LogP contribution in [0, 0.1) is 6.92 Å². The van der Waals surface area contributed by atoms with Crippen molar-refractivity contribution in [3.63, 3.8) is 0 Å². The van der Waals surface area contributed by atoms with Gasteiger partial charge in [-0.25, -0.2) is 0 Å². The smallest absolute Gasteiger partial charge is 0.285 e. The van der Waals surface area contributed by atoms with Crippen LogP contribution in [0.5, 0.6) is 0 Å². The van der Waals surface area contributed by atoms with Crippen molar-refractivity contribution in [2.24, 2.45) is 4.40 Å². The van der Waals surface area contributed by atoms with Gasteiger partial charge < -0.3 is 8.98 Å². The number of aromatic nitrogens is 1. The van der Waals surface area contributed by atoms with E-state index >= 15 is 0 Å². The van der Waals surface area contributed by atoms with E-state index in [1.807, 2.05) is 41.1 Å². The predicted molar refractivity (Wildman–Crippen MR) is 112 cm³/mol. The van der Waals surface area contributed by atoms with Gasteiger partial charge >= 0.3 is 0 Å². The number of para-hydroxylation sites is 1. The van der Waals surface area contributed by atoms with Crippen LogP contribution < -0.4 is 4.80 Å². The molecule has 7 heteroatoms. The zero-order chi connectivity index (χ0) is 19.7. The van der Waals surface area contributed by atoms with Crippen LogP contribution in [0.2, 0.25) is 0 Å². The molecule has 0 aliphatic heterocycles. The van der Waals surface area contributed by atoms with Crippen molar-refractivity contribution in [1.82, 2.24) is 4.57 Å². The fourth-order valence-corrected chi connectivity index (χ4v) is 5.28. The summed E-state index contributed by atoms with van der Waals surface area (Å²) in [4.78, 5) is 0.559. The lowest BCUT2D eigenvalue weighted by Crippen LogP contribution is -2.17. The molecule has 0 saturated heterocycles. The Balaban J connectivity index is 1.94. The summed E-state index contributed by atoms with van der Waals surface area (Å²) >= 11 is 1.28. The first kappa shape index (κ1) is 18.5. The molecule has 0 saturated carbocycles. The number of allylic oxidation sites excluding steroid dienone is 1. The second-order valence-corrected chi connectivity index (χ2v) is 8.65. The fraction of sp³-hybridized carbons (Fsp3) is 0.0952. The highest BCUT2D eigenvalue weighted by atomic mass is 32.2. The van der Waals surface area contributed by atoms with Gasteiger partial charge in [-0.05, 0) is 25.1 Å². The van der Waals surface area contributed by atoms with Crippen LogP contribution in [0.4, 0.5) is 0 Å². The third-order valence-corrected chi connectivity index (χ3v) is 6.64. The van der Waals surface area contributed by atoms with Gasteiger partial charge in [0.15, 0.2) is 0 Å². The van der Waals surface area contributed by atoms with E-state index < -0.39 is 10.0 Å². The van der Waals surface area contributed by atoms with Crippen molar-refractivity contribution in [3.05, 3.63) is 83.2 Å². The summed E-state index contributed by atoms with van der Waals surface area (Å²) in [7, 11) is -3.81. The summed E-state index contributed by atoms with van der Waals surface area (Å²) in [6.45, 7) is 6.14. The van der Waals surface area contributed by atoms with E-state index in [-0.39, 0.29) is 4.90 Å². The lowest BCUT2D eigenvalue weighted by Gasteiger charge is -2.06.